The van der Waals surface area contributed by atoms with Crippen LogP contribution >= 0.6 is 0 Å². The summed E-state index contributed by atoms with van der Waals surface area (Å²) in [4.78, 5) is 1.95. The lowest BCUT2D eigenvalue weighted by Gasteiger charge is -2.15. The van der Waals surface area contributed by atoms with Gasteiger partial charge in [-0.25, -0.2) is 0 Å². The molecule has 1 aliphatic heterocycles. The van der Waals surface area contributed by atoms with E-state index < -0.39 is 12.2 Å². The number of benzene rings is 1. The molecule has 0 aliphatic carbocycles. The summed E-state index contributed by atoms with van der Waals surface area (Å²) in [5.41, 5.74) is 6.88. The zero-order valence-electron chi connectivity index (χ0n) is 8.87. The highest BCUT2D eigenvalue weighted by atomic mass is 16.3. The van der Waals surface area contributed by atoms with Gasteiger partial charge in [-0.3, -0.25) is 4.90 Å². The zero-order valence-corrected chi connectivity index (χ0v) is 8.87. The van der Waals surface area contributed by atoms with Gasteiger partial charge in [-0.2, -0.15) is 0 Å². The van der Waals surface area contributed by atoms with Gasteiger partial charge in [0.15, 0.2) is 0 Å². The van der Waals surface area contributed by atoms with Crippen molar-refractivity contribution in [2.75, 3.05) is 18.8 Å². The molecule has 88 valence electrons. The van der Waals surface area contributed by atoms with E-state index in [1.54, 1.807) is 18.2 Å². The molecule has 5 nitrogen and oxygen atoms in total. The Bertz CT molecular complexity index is 373. The Labute approximate surface area is 93.7 Å². The van der Waals surface area contributed by atoms with Crippen LogP contribution in [0, 0.1) is 0 Å². The highest BCUT2D eigenvalue weighted by Crippen LogP contribution is 2.22. The van der Waals surface area contributed by atoms with Crippen LogP contribution in [0.3, 0.4) is 0 Å². The number of phenolic OH excluding ortho intramolecular Hbond substituents is 1. The van der Waals surface area contributed by atoms with Crippen molar-refractivity contribution in [3.8, 4) is 5.75 Å². The number of nitrogens with two attached hydrogens (primary N) is 1. The van der Waals surface area contributed by atoms with Crippen LogP contribution in [0.15, 0.2) is 18.2 Å². The number of likely N-dealkylation sites (tertiary alicyclic amines) is 1. The number of phenols is 1. The van der Waals surface area contributed by atoms with Crippen molar-refractivity contribution in [2.45, 2.75) is 18.8 Å². The Morgan fingerprint density at radius 3 is 2.44 bits per heavy atom. The second kappa shape index (κ2) is 4.29. The standard InChI is InChI=1S/C11H16N2O3/c12-8-3-7(1-2-9(8)14)4-13-5-10(15)11(16)6-13/h1-3,10-11,14-16H,4-6,12H2. The second-order valence-electron chi connectivity index (χ2n) is 4.22. The van der Waals surface area contributed by atoms with E-state index in [9.17, 15) is 15.3 Å². The van der Waals surface area contributed by atoms with E-state index in [4.69, 9.17) is 5.73 Å². The minimum Gasteiger partial charge on any atom is -0.506 e. The average Bonchev–Trinajstić information content (AvgIpc) is 2.52. The third kappa shape index (κ3) is 2.27. The molecule has 1 fully saturated rings. The van der Waals surface area contributed by atoms with Crippen molar-refractivity contribution in [1.29, 1.82) is 0 Å². The number of anilines is 1. The first kappa shape index (κ1) is 11.2. The fraction of sp³-hybridized carbons (Fsp3) is 0.455. The molecule has 2 atom stereocenters. The van der Waals surface area contributed by atoms with Crippen molar-refractivity contribution in [3.63, 3.8) is 0 Å². The van der Waals surface area contributed by atoms with Crippen LogP contribution in [-0.4, -0.2) is 45.5 Å². The predicted octanol–water partition coefficient (Wildman–Crippen LogP) is -0.488. The highest BCUT2D eigenvalue weighted by Gasteiger charge is 2.29. The number of hydrogen-bond donors (Lipinski definition) is 4. The molecular formula is C11H16N2O3. The van der Waals surface area contributed by atoms with Crippen molar-refractivity contribution in [3.05, 3.63) is 23.8 Å². The van der Waals surface area contributed by atoms with Crippen molar-refractivity contribution < 1.29 is 15.3 Å². The number of aliphatic hydroxyl groups is 2. The quantitative estimate of drug-likeness (QED) is 0.402. The van der Waals surface area contributed by atoms with Gasteiger partial charge in [-0.15, -0.1) is 0 Å². The fourth-order valence-corrected chi connectivity index (χ4v) is 1.94. The molecule has 1 aromatic carbocycles. The van der Waals surface area contributed by atoms with E-state index in [2.05, 4.69) is 0 Å². The van der Waals surface area contributed by atoms with Gasteiger partial charge in [0.2, 0.25) is 0 Å². The Morgan fingerprint density at radius 1 is 1.25 bits per heavy atom. The molecule has 2 rings (SSSR count). The molecule has 0 aromatic heterocycles. The molecule has 2 unspecified atom stereocenters. The van der Waals surface area contributed by atoms with Crippen LogP contribution in [0.1, 0.15) is 5.56 Å². The topological polar surface area (TPSA) is 90.0 Å². The lowest BCUT2D eigenvalue weighted by molar-refractivity contribution is 0.0572. The Hall–Kier alpha value is -1.30. The molecule has 1 aliphatic rings. The van der Waals surface area contributed by atoms with Crippen molar-refractivity contribution in [1.82, 2.24) is 4.90 Å². The first-order chi connectivity index (χ1) is 7.56. The predicted molar refractivity (Wildman–Crippen MR) is 59.8 cm³/mol. The molecule has 5 N–H and O–H groups in total. The maximum Gasteiger partial charge on any atom is 0.138 e. The zero-order chi connectivity index (χ0) is 11.7. The van der Waals surface area contributed by atoms with E-state index in [0.29, 0.717) is 25.3 Å². The molecule has 0 radical (unpaired) electrons. The largest absolute Gasteiger partial charge is 0.506 e. The van der Waals surface area contributed by atoms with E-state index in [1.807, 2.05) is 4.90 Å². The lowest BCUT2D eigenvalue weighted by Crippen LogP contribution is -2.22. The average molecular weight is 224 g/mol. The maximum absolute atomic E-state index is 9.39. The van der Waals surface area contributed by atoms with Gasteiger partial charge in [-0.1, -0.05) is 6.07 Å². The molecule has 0 amide bonds. The van der Waals surface area contributed by atoms with Crippen LogP contribution in [0.25, 0.3) is 0 Å². The Balaban J connectivity index is 2.02. The fourth-order valence-electron chi connectivity index (χ4n) is 1.94. The molecule has 1 aromatic rings. The molecule has 5 heteroatoms. The van der Waals surface area contributed by atoms with Gasteiger partial charge >= 0.3 is 0 Å². The SMILES string of the molecule is Nc1cc(CN2CC(O)C(O)C2)ccc1O. The first-order valence-corrected chi connectivity index (χ1v) is 5.22. The number of β-amino-alcohol motifs (C(OH)–C–C–N with tert-alkyl or cyclic N) is 2. The molecular weight excluding hydrogens is 208 g/mol. The lowest BCUT2D eigenvalue weighted by atomic mass is 10.2. The number of hydrogen-bond acceptors (Lipinski definition) is 5. The van der Waals surface area contributed by atoms with Gasteiger partial charge in [0.05, 0.1) is 17.9 Å². The number of aromatic hydroxyl groups is 1. The molecule has 0 saturated carbocycles. The molecule has 16 heavy (non-hydrogen) atoms. The number of aliphatic hydroxyl groups excluding tert-OH is 2. The second-order valence-corrected chi connectivity index (χ2v) is 4.22. The number of rotatable bonds is 2. The minimum atomic E-state index is -0.672. The smallest absolute Gasteiger partial charge is 0.138 e. The molecule has 1 saturated heterocycles. The van der Waals surface area contributed by atoms with Crippen LogP contribution in [0.5, 0.6) is 5.75 Å². The molecule has 0 spiro atoms. The summed E-state index contributed by atoms with van der Waals surface area (Å²) >= 11 is 0. The third-order valence-electron chi connectivity index (χ3n) is 2.83. The summed E-state index contributed by atoms with van der Waals surface area (Å²) in [6.07, 6.45) is -1.34. The summed E-state index contributed by atoms with van der Waals surface area (Å²) in [7, 11) is 0. The number of nitrogen functional groups attached to an aromatic ring is 1. The van der Waals surface area contributed by atoms with Crippen molar-refractivity contribution in [2.24, 2.45) is 0 Å². The van der Waals surface area contributed by atoms with Crippen LogP contribution in [0.2, 0.25) is 0 Å². The third-order valence-corrected chi connectivity index (χ3v) is 2.83. The Kier molecular flexibility index (Phi) is 3.00. The van der Waals surface area contributed by atoms with Crippen LogP contribution in [0.4, 0.5) is 5.69 Å². The van der Waals surface area contributed by atoms with Crippen LogP contribution < -0.4 is 5.73 Å². The normalized spacial score (nSPS) is 26.1. The van der Waals surface area contributed by atoms with Gasteiger partial charge < -0.3 is 21.1 Å². The van der Waals surface area contributed by atoms with E-state index in [0.717, 1.165) is 5.56 Å². The van der Waals surface area contributed by atoms with E-state index >= 15 is 0 Å². The summed E-state index contributed by atoms with van der Waals surface area (Å²) in [6.45, 7) is 1.53. The van der Waals surface area contributed by atoms with Gasteiger partial charge in [-0.05, 0) is 17.7 Å². The molecule has 0 bridgehead atoms. The monoisotopic (exact) mass is 224 g/mol. The molecule has 1 heterocycles. The maximum atomic E-state index is 9.39. The highest BCUT2D eigenvalue weighted by molar-refractivity contribution is 5.53. The summed E-state index contributed by atoms with van der Waals surface area (Å²) in [5, 5.41) is 28.0. The van der Waals surface area contributed by atoms with Crippen molar-refractivity contribution >= 4 is 5.69 Å². The van der Waals surface area contributed by atoms with Gasteiger partial charge in [0, 0.05) is 19.6 Å². The van der Waals surface area contributed by atoms with Crippen LogP contribution in [-0.2, 0) is 6.54 Å². The Morgan fingerprint density at radius 2 is 1.88 bits per heavy atom. The summed E-state index contributed by atoms with van der Waals surface area (Å²) in [5.74, 6) is 0.0743. The van der Waals surface area contributed by atoms with E-state index in [-0.39, 0.29) is 5.75 Å². The van der Waals surface area contributed by atoms with Gasteiger partial charge in [0.1, 0.15) is 5.75 Å². The summed E-state index contributed by atoms with van der Waals surface area (Å²) < 4.78 is 0. The van der Waals surface area contributed by atoms with E-state index in [1.165, 1.54) is 0 Å². The summed E-state index contributed by atoms with van der Waals surface area (Å²) in [6, 6.07) is 5.03. The van der Waals surface area contributed by atoms with Gasteiger partial charge in [0.25, 0.3) is 0 Å². The first-order valence-electron chi connectivity index (χ1n) is 5.22. The number of nitrogens with zero attached hydrogens (tertiary/aromatic N) is 1. The minimum absolute atomic E-state index is 0.0743.